The van der Waals surface area contributed by atoms with E-state index in [-0.39, 0.29) is 0 Å². The van der Waals surface area contributed by atoms with Gasteiger partial charge in [-0.1, -0.05) is 0 Å². The number of halogens is 2. The standard InChI is InChI=1S/C12H17F2NO3S/c1-12(2,16)8-15(3)9-4-6-10(7-5-9)19(17,18)11(13)14/h4-7,11,16H,8H2,1-3H3. The molecule has 1 N–H and O–H groups in total. The van der Waals surface area contributed by atoms with Gasteiger partial charge in [-0.15, -0.1) is 0 Å². The monoisotopic (exact) mass is 293 g/mol. The number of nitrogens with zero attached hydrogens (tertiary/aromatic N) is 1. The first-order valence-electron chi connectivity index (χ1n) is 5.60. The van der Waals surface area contributed by atoms with E-state index in [9.17, 15) is 22.3 Å². The maximum atomic E-state index is 12.3. The second-order valence-corrected chi connectivity index (χ2v) is 6.89. The van der Waals surface area contributed by atoms with E-state index in [4.69, 9.17) is 0 Å². The first-order valence-corrected chi connectivity index (χ1v) is 7.14. The summed E-state index contributed by atoms with van der Waals surface area (Å²) < 4.78 is 47.2. The number of likely N-dealkylation sites (N-methyl/N-ethyl adjacent to an activating group) is 1. The first-order chi connectivity index (χ1) is 8.54. The lowest BCUT2D eigenvalue weighted by Crippen LogP contribution is -2.36. The van der Waals surface area contributed by atoms with Gasteiger partial charge in [0.1, 0.15) is 0 Å². The van der Waals surface area contributed by atoms with Crippen LogP contribution in [0, 0.1) is 0 Å². The quantitative estimate of drug-likeness (QED) is 0.900. The van der Waals surface area contributed by atoms with Crippen LogP contribution in [-0.4, -0.2) is 38.5 Å². The third kappa shape index (κ3) is 4.14. The Bertz CT molecular complexity index is 521. The molecule has 0 unspecified atom stereocenters. The van der Waals surface area contributed by atoms with E-state index in [1.54, 1.807) is 25.8 Å². The third-order valence-electron chi connectivity index (χ3n) is 2.46. The van der Waals surface area contributed by atoms with Crippen LogP contribution in [0.15, 0.2) is 29.2 Å². The predicted octanol–water partition coefficient (Wildman–Crippen LogP) is 1.89. The van der Waals surface area contributed by atoms with E-state index in [1.165, 1.54) is 12.1 Å². The van der Waals surface area contributed by atoms with Crippen LogP contribution in [0.4, 0.5) is 14.5 Å². The average molecular weight is 293 g/mol. The van der Waals surface area contributed by atoms with Crippen LogP contribution in [0.5, 0.6) is 0 Å². The maximum Gasteiger partial charge on any atom is 0.341 e. The van der Waals surface area contributed by atoms with Crippen LogP contribution in [-0.2, 0) is 9.84 Å². The van der Waals surface area contributed by atoms with Crippen molar-refractivity contribution < 1.29 is 22.3 Å². The van der Waals surface area contributed by atoms with Crippen molar-refractivity contribution in [2.24, 2.45) is 0 Å². The number of hydrogen-bond donors (Lipinski definition) is 1. The molecule has 0 saturated heterocycles. The molecule has 0 amide bonds. The molecular formula is C12H17F2NO3S. The fraction of sp³-hybridized carbons (Fsp3) is 0.500. The van der Waals surface area contributed by atoms with Gasteiger partial charge < -0.3 is 10.0 Å². The Morgan fingerprint density at radius 3 is 2.11 bits per heavy atom. The van der Waals surface area contributed by atoms with Crippen molar-refractivity contribution in [3.05, 3.63) is 24.3 Å². The Kier molecular flexibility index (Phi) is 4.52. The molecule has 0 radical (unpaired) electrons. The summed E-state index contributed by atoms with van der Waals surface area (Å²) in [6.07, 6.45) is 0. The lowest BCUT2D eigenvalue weighted by Gasteiger charge is -2.27. The Morgan fingerprint density at radius 2 is 1.74 bits per heavy atom. The van der Waals surface area contributed by atoms with Crippen LogP contribution in [0.2, 0.25) is 0 Å². The number of hydrogen-bond acceptors (Lipinski definition) is 4. The summed E-state index contributed by atoms with van der Waals surface area (Å²) in [5.74, 6) is -3.42. The summed E-state index contributed by atoms with van der Waals surface area (Å²) in [6.45, 7) is 3.60. The zero-order valence-electron chi connectivity index (χ0n) is 11.0. The Labute approximate surface area is 111 Å². The van der Waals surface area contributed by atoms with E-state index in [0.29, 0.717) is 12.2 Å². The van der Waals surface area contributed by atoms with E-state index >= 15 is 0 Å². The third-order valence-corrected chi connectivity index (χ3v) is 3.86. The number of aliphatic hydroxyl groups is 1. The average Bonchev–Trinajstić information content (AvgIpc) is 2.26. The van der Waals surface area contributed by atoms with Crippen molar-refractivity contribution in [1.82, 2.24) is 0 Å². The summed E-state index contributed by atoms with van der Waals surface area (Å²) in [5, 5.41) is 9.67. The molecule has 1 rings (SSSR count). The van der Waals surface area contributed by atoms with Gasteiger partial charge in [0.15, 0.2) is 0 Å². The van der Waals surface area contributed by atoms with Crippen LogP contribution in [0.25, 0.3) is 0 Å². The van der Waals surface area contributed by atoms with Crippen molar-refractivity contribution in [3.63, 3.8) is 0 Å². The minimum absolute atomic E-state index is 0.327. The fourth-order valence-corrected chi connectivity index (χ4v) is 2.39. The predicted molar refractivity (Wildman–Crippen MR) is 69.2 cm³/mol. The van der Waals surface area contributed by atoms with E-state index in [1.807, 2.05) is 0 Å². The van der Waals surface area contributed by atoms with Crippen LogP contribution in [0.3, 0.4) is 0 Å². The maximum absolute atomic E-state index is 12.3. The van der Waals surface area contributed by atoms with Crippen molar-refractivity contribution in [2.75, 3.05) is 18.5 Å². The second kappa shape index (κ2) is 5.42. The number of anilines is 1. The largest absolute Gasteiger partial charge is 0.389 e. The van der Waals surface area contributed by atoms with Gasteiger partial charge in [0.05, 0.1) is 10.5 Å². The van der Waals surface area contributed by atoms with E-state index in [0.717, 1.165) is 12.1 Å². The minimum Gasteiger partial charge on any atom is -0.389 e. The Balaban J connectivity index is 2.95. The number of benzene rings is 1. The normalized spacial score (nSPS) is 12.8. The molecule has 0 heterocycles. The summed E-state index contributed by atoms with van der Waals surface area (Å²) in [7, 11) is -2.84. The van der Waals surface area contributed by atoms with Crippen molar-refractivity contribution in [1.29, 1.82) is 0 Å². The van der Waals surface area contributed by atoms with Gasteiger partial charge in [0, 0.05) is 19.3 Å². The van der Waals surface area contributed by atoms with Crippen LogP contribution in [0.1, 0.15) is 13.8 Å². The van der Waals surface area contributed by atoms with Crippen LogP contribution >= 0.6 is 0 Å². The molecule has 19 heavy (non-hydrogen) atoms. The summed E-state index contributed by atoms with van der Waals surface area (Å²) in [6, 6.07) is 5.14. The molecule has 1 aromatic rings. The van der Waals surface area contributed by atoms with Gasteiger partial charge in [-0.05, 0) is 38.1 Å². The zero-order valence-corrected chi connectivity index (χ0v) is 11.8. The van der Waals surface area contributed by atoms with Gasteiger partial charge in [-0.3, -0.25) is 0 Å². The molecule has 0 aromatic heterocycles. The SMILES string of the molecule is CN(CC(C)(C)O)c1ccc(S(=O)(=O)C(F)F)cc1. The summed E-state index contributed by atoms with van der Waals surface area (Å²) >= 11 is 0. The molecule has 108 valence electrons. The highest BCUT2D eigenvalue weighted by molar-refractivity contribution is 7.91. The van der Waals surface area contributed by atoms with Crippen molar-refractivity contribution in [3.8, 4) is 0 Å². The van der Waals surface area contributed by atoms with Crippen molar-refractivity contribution >= 4 is 15.5 Å². The molecule has 0 saturated carbocycles. The fourth-order valence-electron chi connectivity index (χ4n) is 1.66. The van der Waals surface area contributed by atoms with E-state index < -0.39 is 26.1 Å². The van der Waals surface area contributed by atoms with Crippen LogP contribution < -0.4 is 4.90 Å². The topological polar surface area (TPSA) is 57.6 Å². The molecule has 0 bridgehead atoms. The molecule has 0 aliphatic carbocycles. The molecular weight excluding hydrogens is 276 g/mol. The van der Waals surface area contributed by atoms with Gasteiger partial charge in [-0.2, -0.15) is 8.78 Å². The molecule has 1 aromatic carbocycles. The second-order valence-electron chi connectivity index (χ2n) is 4.97. The lowest BCUT2D eigenvalue weighted by molar-refractivity contribution is 0.0886. The lowest BCUT2D eigenvalue weighted by atomic mass is 10.1. The highest BCUT2D eigenvalue weighted by Gasteiger charge is 2.26. The number of alkyl halides is 2. The smallest absolute Gasteiger partial charge is 0.341 e. The number of rotatable bonds is 5. The molecule has 0 aliphatic heterocycles. The number of sulfone groups is 1. The zero-order chi connectivity index (χ0) is 14.8. The molecule has 0 atom stereocenters. The Morgan fingerprint density at radius 1 is 1.26 bits per heavy atom. The molecule has 0 spiro atoms. The highest BCUT2D eigenvalue weighted by Crippen LogP contribution is 2.22. The van der Waals surface area contributed by atoms with E-state index in [2.05, 4.69) is 0 Å². The molecule has 7 heteroatoms. The summed E-state index contributed by atoms with van der Waals surface area (Å²) in [4.78, 5) is 1.29. The first kappa shape index (κ1) is 15.8. The molecule has 0 fully saturated rings. The van der Waals surface area contributed by atoms with Crippen molar-refractivity contribution in [2.45, 2.75) is 30.1 Å². The molecule has 0 aliphatic rings. The highest BCUT2D eigenvalue weighted by atomic mass is 32.2. The summed E-state index contributed by atoms with van der Waals surface area (Å²) in [5.41, 5.74) is -0.280. The van der Waals surface area contributed by atoms with Gasteiger partial charge >= 0.3 is 5.76 Å². The minimum atomic E-state index is -4.56. The Hall–Kier alpha value is -1.21. The van der Waals surface area contributed by atoms with Gasteiger partial charge in [0.2, 0.25) is 9.84 Å². The van der Waals surface area contributed by atoms with Gasteiger partial charge in [-0.25, -0.2) is 8.42 Å². The molecule has 4 nitrogen and oxygen atoms in total. The van der Waals surface area contributed by atoms with Gasteiger partial charge in [0.25, 0.3) is 0 Å².